The van der Waals surface area contributed by atoms with Gasteiger partial charge in [-0.05, 0) is 19.4 Å². The summed E-state index contributed by atoms with van der Waals surface area (Å²) in [6.07, 6.45) is -0.0330. The van der Waals surface area contributed by atoms with E-state index in [1.165, 1.54) is 0 Å². The van der Waals surface area contributed by atoms with Crippen molar-refractivity contribution in [2.75, 3.05) is 12.3 Å². The van der Waals surface area contributed by atoms with Crippen LogP contribution < -0.4 is 33.2 Å². The molecule has 0 aliphatic rings. The Labute approximate surface area is 189 Å². The molecule has 0 spiro atoms. The molecule has 15 heteroatoms. The number of aliphatic carboxylic acids is 2. The fraction of sp³-hybridized carbons (Fsp3) is 0.647. The summed E-state index contributed by atoms with van der Waals surface area (Å²) < 4.78 is 0. The van der Waals surface area contributed by atoms with Crippen LogP contribution in [0.3, 0.4) is 0 Å². The van der Waals surface area contributed by atoms with E-state index in [-0.39, 0.29) is 12.2 Å². The number of carbonyl (C=O) groups excluding carboxylic acids is 4. The van der Waals surface area contributed by atoms with Crippen molar-refractivity contribution in [3.05, 3.63) is 0 Å². The van der Waals surface area contributed by atoms with Crippen molar-refractivity contribution in [2.45, 2.75) is 56.3 Å². The zero-order valence-electron chi connectivity index (χ0n) is 17.3. The summed E-state index contributed by atoms with van der Waals surface area (Å²) in [4.78, 5) is 70.2. The Morgan fingerprint density at radius 1 is 0.812 bits per heavy atom. The van der Waals surface area contributed by atoms with Crippen molar-refractivity contribution in [1.82, 2.24) is 16.0 Å². The first-order valence-electron chi connectivity index (χ1n) is 9.63. The minimum absolute atomic E-state index is 0.266. The second-order valence-electron chi connectivity index (χ2n) is 6.86. The summed E-state index contributed by atoms with van der Waals surface area (Å²) in [5.74, 6) is -6.99. The Kier molecular flexibility index (Phi) is 13.6. The van der Waals surface area contributed by atoms with Crippen molar-refractivity contribution in [2.24, 2.45) is 17.2 Å². The fourth-order valence-corrected chi connectivity index (χ4v) is 2.70. The van der Waals surface area contributed by atoms with Gasteiger partial charge in [0, 0.05) is 5.75 Å². The Morgan fingerprint density at radius 3 is 1.81 bits per heavy atom. The summed E-state index contributed by atoms with van der Waals surface area (Å²) in [5, 5.41) is 24.6. The predicted molar refractivity (Wildman–Crippen MR) is 114 cm³/mol. The quantitative estimate of drug-likeness (QED) is 0.0773. The number of unbranched alkanes of at least 4 members (excludes halogenated alkanes) is 1. The second kappa shape index (κ2) is 15.0. The van der Waals surface area contributed by atoms with Crippen LogP contribution in [0.15, 0.2) is 0 Å². The first-order valence-corrected chi connectivity index (χ1v) is 10.3. The Balaban J connectivity index is 5.20. The van der Waals surface area contributed by atoms with Gasteiger partial charge < -0.3 is 43.4 Å². The predicted octanol–water partition coefficient (Wildman–Crippen LogP) is -3.74. The summed E-state index contributed by atoms with van der Waals surface area (Å²) in [6.45, 7) is 0.410. The molecule has 11 N–H and O–H groups in total. The zero-order valence-corrected chi connectivity index (χ0v) is 18.2. The van der Waals surface area contributed by atoms with Gasteiger partial charge in [-0.3, -0.25) is 24.0 Å². The van der Waals surface area contributed by atoms with E-state index >= 15 is 0 Å². The molecule has 0 saturated carbocycles. The SMILES string of the molecule is NCCCCC(N)C(=O)NC(CC(=O)O)C(=O)NC(CS)C(=O)NC(CC(N)=O)C(=O)O. The van der Waals surface area contributed by atoms with Gasteiger partial charge >= 0.3 is 11.9 Å². The maximum Gasteiger partial charge on any atom is 0.326 e. The summed E-state index contributed by atoms with van der Waals surface area (Å²) >= 11 is 3.91. The van der Waals surface area contributed by atoms with E-state index in [0.717, 1.165) is 0 Å². The number of primary amides is 1. The lowest BCUT2D eigenvalue weighted by atomic mass is 10.1. The largest absolute Gasteiger partial charge is 0.481 e. The van der Waals surface area contributed by atoms with Crippen LogP contribution in [0.1, 0.15) is 32.1 Å². The first kappa shape index (κ1) is 29.1. The Hall–Kier alpha value is -2.91. The average Bonchev–Trinajstić information content (AvgIpc) is 2.69. The normalized spacial score (nSPS) is 14.3. The lowest BCUT2D eigenvalue weighted by Crippen LogP contribution is -2.58. The van der Waals surface area contributed by atoms with Crippen LogP contribution in [0.25, 0.3) is 0 Å². The molecule has 0 heterocycles. The molecule has 4 atom stereocenters. The number of hydrogen-bond donors (Lipinski definition) is 9. The monoisotopic (exact) mass is 478 g/mol. The number of thiol groups is 1. The molecule has 4 amide bonds. The number of hydrogen-bond acceptors (Lipinski definition) is 9. The van der Waals surface area contributed by atoms with E-state index in [1.54, 1.807) is 0 Å². The van der Waals surface area contributed by atoms with Gasteiger partial charge in [-0.2, -0.15) is 12.6 Å². The van der Waals surface area contributed by atoms with Crippen LogP contribution in [0.5, 0.6) is 0 Å². The molecule has 0 aromatic rings. The maximum absolute atomic E-state index is 12.5. The van der Waals surface area contributed by atoms with Gasteiger partial charge in [0.2, 0.25) is 23.6 Å². The van der Waals surface area contributed by atoms with Gasteiger partial charge in [0.15, 0.2) is 0 Å². The highest BCUT2D eigenvalue weighted by Gasteiger charge is 2.31. The second-order valence-corrected chi connectivity index (χ2v) is 7.23. The van der Waals surface area contributed by atoms with E-state index < -0.39 is 72.6 Å². The lowest BCUT2D eigenvalue weighted by Gasteiger charge is -2.23. The van der Waals surface area contributed by atoms with Gasteiger partial charge in [0.1, 0.15) is 18.1 Å². The third-order valence-electron chi connectivity index (χ3n) is 4.15. The summed E-state index contributed by atoms with van der Waals surface area (Å²) in [7, 11) is 0. The highest BCUT2D eigenvalue weighted by Crippen LogP contribution is 2.02. The van der Waals surface area contributed by atoms with E-state index in [2.05, 4.69) is 23.3 Å². The Bertz CT molecular complexity index is 707. The van der Waals surface area contributed by atoms with E-state index in [1.807, 2.05) is 5.32 Å². The molecular weight excluding hydrogens is 448 g/mol. The molecule has 32 heavy (non-hydrogen) atoms. The molecule has 14 nitrogen and oxygen atoms in total. The van der Waals surface area contributed by atoms with Crippen LogP contribution in [0.2, 0.25) is 0 Å². The Morgan fingerprint density at radius 2 is 1.34 bits per heavy atom. The number of carboxylic acids is 2. The standard InChI is InChI=1S/C17H30N6O8S/c18-4-2-1-3-8(19)14(27)21-9(6-13(25)26)15(28)23-11(7-32)16(29)22-10(17(30)31)5-12(20)24/h8-11,32H,1-7,18-19H2,(H2,20,24)(H,21,27)(H,22,29)(H,23,28)(H,25,26)(H,30,31). The van der Waals surface area contributed by atoms with Crippen LogP contribution in [-0.4, -0.2) is 82.2 Å². The molecule has 0 aromatic carbocycles. The number of nitrogens with one attached hydrogen (secondary N) is 3. The third kappa shape index (κ3) is 11.5. The van der Waals surface area contributed by atoms with Crippen molar-refractivity contribution < 1.29 is 39.0 Å². The van der Waals surface area contributed by atoms with Crippen LogP contribution in [-0.2, 0) is 28.8 Å². The lowest BCUT2D eigenvalue weighted by molar-refractivity contribution is -0.144. The molecule has 0 saturated heterocycles. The summed E-state index contributed by atoms with van der Waals surface area (Å²) in [6, 6.07) is -5.59. The molecule has 0 radical (unpaired) electrons. The number of carboxylic acid groups (broad SMARTS) is 2. The molecule has 0 aliphatic heterocycles. The van der Waals surface area contributed by atoms with Gasteiger partial charge in [0.05, 0.1) is 18.9 Å². The maximum atomic E-state index is 12.5. The number of carbonyl (C=O) groups is 6. The van der Waals surface area contributed by atoms with Gasteiger partial charge in [0.25, 0.3) is 0 Å². The average molecular weight is 479 g/mol. The van der Waals surface area contributed by atoms with Crippen molar-refractivity contribution in [3.63, 3.8) is 0 Å². The van der Waals surface area contributed by atoms with Crippen molar-refractivity contribution in [3.8, 4) is 0 Å². The number of nitrogens with two attached hydrogens (primary N) is 3. The molecule has 0 bridgehead atoms. The van der Waals surface area contributed by atoms with E-state index in [9.17, 15) is 28.8 Å². The molecule has 4 unspecified atom stereocenters. The van der Waals surface area contributed by atoms with Crippen molar-refractivity contribution >= 4 is 48.2 Å². The fourth-order valence-electron chi connectivity index (χ4n) is 2.44. The molecule has 0 fully saturated rings. The van der Waals surface area contributed by atoms with Crippen LogP contribution in [0.4, 0.5) is 0 Å². The molecule has 0 rings (SSSR count). The van der Waals surface area contributed by atoms with Gasteiger partial charge in [-0.25, -0.2) is 4.79 Å². The molecule has 182 valence electrons. The summed E-state index contributed by atoms with van der Waals surface area (Å²) in [5.41, 5.74) is 16.0. The number of amides is 4. The zero-order chi connectivity index (χ0) is 24.8. The first-order chi connectivity index (χ1) is 14.9. The third-order valence-corrected chi connectivity index (χ3v) is 4.52. The van der Waals surface area contributed by atoms with E-state index in [4.69, 9.17) is 27.4 Å². The highest BCUT2D eigenvalue weighted by molar-refractivity contribution is 7.80. The van der Waals surface area contributed by atoms with Crippen LogP contribution >= 0.6 is 12.6 Å². The highest BCUT2D eigenvalue weighted by atomic mass is 32.1. The van der Waals surface area contributed by atoms with Crippen molar-refractivity contribution in [1.29, 1.82) is 0 Å². The minimum atomic E-state index is -1.64. The molecule has 0 aliphatic carbocycles. The molecular formula is C17H30N6O8S. The van der Waals surface area contributed by atoms with Gasteiger partial charge in [-0.1, -0.05) is 6.42 Å². The molecule has 0 aromatic heterocycles. The van der Waals surface area contributed by atoms with Crippen LogP contribution in [0, 0.1) is 0 Å². The van der Waals surface area contributed by atoms with E-state index in [0.29, 0.717) is 19.4 Å². The minimum Gasteiger partial charge on any atom is -0.481 e. The van der Waals surface area contributed by atoms with Gasteiger partial charge in [-0.15, -0.1) is 0 Å². The topological polar surface area (TPSA) is 257 Å². The smallest absolute Gasteiger partial charge is 0.326 e. The number of rotatable bonds is 16.